The van der Waals surface area contributed by atoms with Crippen LogP contribution < -0.4 is 5.32 Å². The van der Waals surface area contributed by atoms with Gasteiger partial charge in [-0.25, -0.2) is 4.98 Å². The van der Waals surface area contributed by atoms with Gasteiger partial charge in [-0.2, -0.15) is 0 Å². The van der Waals surface area contributed by atoms with Gasteiger partial charge in [0.15, 0.2) is 0 Å². The maximum Gasteiger partial charge on any atom is 0.0951 e. The summed E-state index contributed by atoms with van der Waals surface area (Å²) < 4.78 is 5.01. The van der Waals surface area contributed by atoms with Crippen molar-refractivity contribution in [1.29, 1.82) is 0 Å². The van der Waals surface area contributed by atoms with Crippen molar-refractivity contribution in [2.24, 2.45) is 0 Å². The summed E-state index contributed by atoms with van der Waals surface area (Å²) in [5.41, 5.74) is 0. The lowest BCUT2D eigenvalue weighted by Gasteiger charge is -1.97. The van der Waals surface area contributed by atoms with Crippen LogP contribution in [0, 0.1) is 0 Å². The molecule has 1 aromatic rings. The van der Waals surface area contributed by atoms with Gasteiger partial charge in [0.2, 0.25) is 0 Å². The first kappa shape index (κ1) is 10.1. The smallest absolute Gasteiger partial charge is 0.0951 e. The van der Waals surface area contributed by atoms with Crippen molar-refractivity contribution >= 4 is 11.3 Å². The topological polar surface area (TPSA) is 34.1 Å². The van der Waals surface area contributed by atoms with E-state index in [-0.39, 0.29) is 0 Å². The SMILES string of the molecule is COCCc1ncc(CNC2CC2)s1. The second kappa shape index (κ2) is 4.87. The minimum absolute atomic E-state index is 0.767. The van der Waals surface area contributed by atoms with Gasteiger partial charge >= 0.3 is 0 Å². The van der Waals surface area contributed by atoms with E-state index in [0.29, 0.717) is 0 Å². The number of thiazole rings is 1. The van der Waals surface area contributed by atoms with Gasteiger partial charge in [-0.3, -0.25) is 0 Å². The lowest BCUT2D eigenvalue weighted by atomic mass is 10.5. The zero-order chi connectivity index (χ0) is 9.80. The Labute approximate surface area is 88.5 Å². The lowest BCUT2D eigenvalue weighted by molar-refractivity contribution is 0.202. The minimum atomic E-state index is 0.767. The van der Waals surface area contributed by atoms with E-state index in [1.54, 1.807) is 18.4 Å². The molecule has 78 valence electrons. The highest BCUT2D eigenvalue weighted by molar-refractivity contribution is 7.11. The van der Waals surface area contributed by atoms with Gasteiger partial charge in [-0.1, -0.05) is 0 Å². The molecular formula is C10H16N2OS. The molecule has 0 aliphatic heterocycles. The van der Waals surface area contributed by atoms with Crippen LogP contribution in [0.25, 0.3) is 0 Å². The Morgan fingerprint density at radius 2 is 2.50 bits per heavy atom. The van der Waals surface area contributed by atoms with E-state index < -0.39 is 0 Å². The third-order valence-corrected chi connectivity index (χ3v) is 3.32. The van der Waals surface area contributed by atoms with E-state index in [2.05, 4.69) is 10.3 Å². The first-order valence-corrected chi connectivity index (χ1v) is 5.86. The minimum Gasteiger partial charge on any atom is -0.384 e. The summed E-state index contributed by atoms with van der Waals surface area (Å²) in [7, 11) is 1.73. The summed E-state index contributed by atoms with van der Waals surface area (Å²) in [5, 5.41) is 4.66. The van der Waals surface area contributed by atoms with Gasteiger partial charge in [0.1, 0.15) is 0 Å². The predicted molar refractivity (Wildman–Crippen MR) is 57.6 cm³/mol. The summed E-state index contributed by atoms with van der Waals surface area (Å²) in [6, 6.07) is 0.777. The molecule has 0 radical (unpaired) electrons. The Morgan fingerprint density at radius 3 is 3.21 bits per heavy atom. The van der Waals surface area contributed by atoms with Crippen molar-refractivity contribution in [2.45, 2.75) is 31.8 Å². The average molecular weight is 212 g/mol. The molecule has 0 unspecified atom stereocenters. The van der Waals surface area contributed by atoms with Crippen LogP contribution in [0.15, 0.2) is 6.20 Å². The highest BCUT2D eigenvalue weighted by Crippen LogP contribution is 2.20. The van der Waals surface area contributed by atoms with E-state index in [1.165, 1.54) is 22.7 Å². The van der Waals surface area contributed by atoms with Crippen molar-refractivity contribution in [3.63, 3.8) is 0 Å². The normalized spacial score (nSPS) is 16.1. The zero-order valence-electron chi connectivity index (χ0n) is 8.45. The molecule has 0 aromatic carbocycles. The van der Waals surface area contributed by atoms with Gasteiger partial charge < -0.3 is 10.1 Å². The molecule has 1 heterocycles. The molecule has 3 nitrogen and oxygen atoms in total. The van der Waals surface area contributed by atoms with Gasteiger partial charge in [0, 0.05) is 37.2 Å². The highest BCUT2D eigenvalue weighted by Gasteiger charge is 2.20. The molecule has 0 bridgehead atoms. The van der Waals surface area contributed by atoms with Gasteiger partial charge in [0.25, 0.3) is 0 Å². The van der Waals surface area contributed by atoms with Crippen LogP contribution in [0.5, 0.6) is 0 Å². The van der Waals surface area contributed by atoms with Crippen molar-refractivity contribution in [3.8, 4) is 0 Å². The Hall–Kier alpha value is -0.450. The first-order chi connectivity index (χ1) is 6.88. The first-order valence-electron chi connectivity index (χ1n) is 5.04. The predicted octanol–water partition coefficient (Wildman–Crippen LogP) is 1.58. The highest BCUT2D eigenvalue weighted by atomic mass is 32.1. The average Bonchev–Trinajstić information content (AvgIpc) is 2.92. The number of ether oxygens (including phenoxy) is 1. The molecule has 0 amide bonds. The largest absolute Gasteiger partial charge is 0.384 e. The standard InChI is InChI=1S/C10H16N2OS/c1-13-5-4-10-12-7-9(14-10)6-11-8-2-3-8/h7-8,11H,2-6H2,1H3. The Balaban J connectivity index is 1.76. The molecule has 1 N–H and O–H groups in total. The molecule has 0 spiro atoms. The van der Waals surface area contributed by atoms with Crippen molar-refractivity contribution < 1.29 is 4.74 Å². The number of rotatable bonds is 6. The van der Waals surface area contributed by atoms with Crippen molar-refractivity contribution in [3.05, 3.63) is 16.1 Å². The molecule has 1 aliphatic carbocycles. The van der Waals surface area contributed by atoms with Crippen LogP contribution in [0.2, 0.25) is 0 Å². The third-order valence-electron chi connectivity index (χ3n) is 2.26. The van der Waals surface area contributed by atoms with Gasteiger partial charge in [-0.05, 0) is 12.8 Å². The lowest BCUT2D eigenvalue weighted by Crippen LogP contribution is -2.14. The van der Waals surface area contributed by atoms with Crippen LogP contribution in [-0.2, 0) is 17.7 Å². The van der Waals surface area contributed by atoms with Crippen LogP contribution in [0.4, 0.5) is 0 Å². The van der Waals surface area contributed by atoms with Crippen LogP contribution >= 0.6 is 11.3 Å². The molecule has 1 fully saturated rings. The van der Waals surface area contributed by atoms with E-state index >= 15 is 0 Å². The molecule has 14 heavy (non-hydrogen) atoms. The Morgan fingerprint density at radius 1 is 1.64 bits per heavy atom. The Kier molecular flexibility index (Phi) is 3.50. The molecule has 4 heteroatoms. The molecular weight excluding hydrogens is 196 g/mol. The van der Waals surface area contributed by atoms with E-state index in [9.17, 15) is 0 Å². The van der Waals surface area contributed by atoms with Crippen molar-refractivity contribution in [1.82, 2.24) is 10.3 Å². The second-order valence-electron chi connectivity index (χ2n) is 3.62. The maximum atomic E-state index is 5.01. The number of hydrogen-bond acceptors (Lipinski definition) is 4. The van der Waals surface area contributed by atoms with Gasteiger partial charge in [-0.15, -0.1) is 11.3 Å². The molecule has 1 aliphatic rings. The van der Waals surface area contributed by atoms with Gasteiger partial charge in [0.05, 0.1) is 11.6 Å². The summed E-state index contributed by atoms with van der Waals surface area (Å²) in [6.07, 6.45) is 5.60. The number of nitrogens with zero attached hydrogens (tertiary/aromatic N) is 1. The Bertz CT molecular complexity index is 283. The molecule has 0 atom stereocenters. The quantitative estimate of drug-likeness (QED) is 0.777. The summed E-state index contributed by atoms with van der Waals surface area (Å²) in [4.78, 5) is 5.69. The summed E-state index contributed by atoms with van der Waals surface area (Å²) >= 11 is 1.79. The fraction of sp³-hybridized carbons (Fsp3) is 0.700. The van der Waals surface area contributed by atoms with Crippen molar-refractivity contribution in [2.75, 3.05) is 13.7 Å². The van der Waals surface area contributed by atoms with E-state index in [4.69, 9.17) is 4.74 Å². The number of nitrogens with one attached hydrogen (secondary N) is 1. The number of hydrogen-bond donors (Lipinski definition) is 1. The van der Waals surface area contributed by atoms with Crippen LogP contribution in [-0.4, -0.2) is 24.7 Å². The molecule has 2 rings (SSSR count). The fourth-order valence-electron chi connectivity index (χ4n) is 1.27. The summed E-state index contributed by atoms with van der Waals surface area (Å²) in [5.74, 6) is 0. The van der Waals surface area contributed by atoms with Crippen LogP contribution in [0.3, 0.4) is 0 Å². The van der Waals surface area contributed by atoms with Crippen LogP contribution in [0.1, 0.15) is 22.7 Å². The fourth-order valence-corrected chi connectivity index (χ4v) is 2.12. The molecule has 0 saturated heterocycles. The number of aromatic nitrogens is 1. The van der Waals surface area contributed by atoms with E-state index in [0.717, 1.165) is 25.6 Å². The zero-order valence-corrected chi connectivity index (χ0v) is 9.27. The monoisotopic (exact) mass is 212 g/mol. The molecule has 1 saturated carbocycles. The summed E-state index contributed by atoms with van der Waals surface area (Å²) in [6.45, 7) is 1.75. The number of methoxy groups -OCH3 is 1. The maximum absolute atomic E-state index is 5.01. The van der Waals surface area contributed by atoms with E-state index in [1.807, 2.05) is 6.20 Å². The second-order valence-corrected chi connectivity index (χ2v) is 4.82. The molecule has 1 aromatic heterocycles. The third kappa shape index (κ3) is 3.04.